The Bertz CT molecular complexity index is 1060. The van der Waals surface area contributed by atoms with Gasteiger partial charge in [-0.1, -0.05) is 58.9 Å². The molecule has 5 rings (SSSR count). The molecule has 7 atom stereocenters. The van der Waals surface area contributed by atoms with Gasteiger partial charge in [-0.3, -0.25) is 14.4 Å². The summed E-state index contributed by atoms with van der Waals surface area (Å²) in [5.74, 6) is -0.304. The normalized spacial score (nSPS) is 41.8. The van der Waals surface area contributed by atoms with Crippen molar-refractivity contribution in [2.75, 3.05) is 0 Å². The van der Waals surface area contributed by atoms with Crippen LogP contribution in [0.25, 0.3) is 0 Å². The van der Waals surface area contributed by atoms with Gasteiger partial charge in [-0.05, 0) is 71.3 Å². The van der Waals surface area contributed by atoms with E-state index >= 15 is 0 Å². The first-order valence-corrected chi connectivity index (χ1v) is 13.0. The topological polar surface area (TPSA) is 83.5 Å². The molecule has 2 unspecified atom stereocenters. The van der Waals surface area contributed by atoms with E-state index < -0.39 is 16.8 Å². The van der Waals surface area contributed by atoms with Gasteiger partial charge >= 0.3 is 5.97 Å². The van der Waals surface area contributed by atoms with Crippen molar-refractivity contribution >= 4 is 17.7 Å². The van der Waals surface area contributed by atoms with Crippen molar-refractivity contribution in [1.29, 1.82) is 0 Å². The highest BCUT2D eigenvalue weighted by Crippen LogP contribution is 2.69. The first-order valence-electron chi connectivity index (χ1n) is 13.0. The number of nitrogens with one attached hydrogen (secondary N) is 1. The maximum atomic E-state index is 13.6. The van der Waals surface area contributed by atoms with Gasteiger partial charge in [0.15, 0.2) is 0 Å². The third-order valence-electron chi connectivity index (χ3n) is 10.7. The molecule has 1 saturated heterocycles. The molecule has 4 fully saturated rings. The Morgan fingerprint density at radius 1 is 1.06 bits per heavy atom. The number of hydrogen-bond donors (Lipinski definition) is 2. The van der Waals surface area contributed by atoms with Crippen LogP contribution in [0.1, 0.15) is 90.7 Å². The number of rotatable bonds is 2. The van der Waals surface area contributed by atoms with Crippen molar-refractivity contribution in [3.63, 3.8) is 0 Å². The Kier molecular flexibility index (Phi) is 5.14. The molecule has 0 bridgehead atoms. The third kappa shape index (κ3) is 3.01. The number of carbonyl (C=O) groups is 3. The van der Waals surface area contributed by atoms with Gasteiger partial charge in [-0.15, -0.1) is 0 Å². The zero-order valence-electron chi connectivity index (χ0n) is 21.2. The van der Waals surface area contributed by atoms with Crippen LogP contribution in [0, 0.1) is 28.6 Å². The molecule has 1 aromatic carbocycles. The van der Waals surface area contributed by atoms with E-state index in [-0.39, 0.29) is 46.3 Å². The summed E-state index contributed by atoms with van der Waals surface area (Å²) >= 11 is 0. The van der Waals surface area contributed by atoms with Crippen molar-refractivity contribution in [1.82, 2.24) is 5.32 Å². The molecule has 4 aliphatic rings. The lowest BCUT2D eigenvalue weighted by Crippen LogP contribution is -2.64. The molecule has 0 radical (unpaired) electrons. The summed E-state index contributed by atoms with van der Waals surface area (Å²) in [5, 5.41) is 13.9. The number of amides is 1. The fourth-order valence-electron chi connectivity index (χ4n) is 8.62. The van der Waals surface area contributed by atoms with Crippen molar-refractivity contribution in [3.8, 4) is 0 Å². The summed E-state index contributed by atoms with van der Waals surface area (Å²) in [4.78, 5) is 38.9. The highest BCUT2D eigenvalue weighted by molar-refractivity contribution is 5.88. The van der Waals surface area contributed by atoms with Gasteiger partial charge in [0.25, 0.3) is 0 Å². The maximum absolute atomic E-state index is 13.6. The Morgan fingerprint density at radius 3 is 2.44 bits per heavy atom. The molecule has 5 nitrogen and oxygen atoms in total. The van der Waals surface area contributed by atoms with Crippen LogP contribution < -0.4 is 5.32 Å². The Labute approximate surface area is 203 Å². The first-order chi connectivity index (χ1) is 15.8. The van der Waals surface area contributed by atoms with Crippen molar-refractivity contribution in [2.24, 2.45) is 28.6 Å². The SMILES string of the molecule is CC(C)(C)c1cccc(C2(C(=O)O)CC[C@H]3[C@@H]4C(=O)CC5NC(=O)CC[C@]5(C)[C@@H]4CC[C@@]32C)c1. The highest BCUT2D eigenvalue weighted by atomic mass is 16.4. The van der Waals surface area contributed by atoms with Gasteiger partial charge in [-0.25, -0.2) is 0 Å². The van der Waals surface area contributed by atoms with Crippen LogP contribution in [0.4, 0.5) is 0 Å². The van der Waals surface area contributed by atoms with Gasteiger partial charge in [0.1, 0.15) is 5.78 Å². The molecule has 34 heavy (non-hydrogen) atoms. The number of carbonyl (C=O) groups excluding carboxylic acids is 2. The molecule has 0 aromatic heterocycles. The smallest absolute Gasteiger partial charge is 0.314 e. The van der Waals surface area contributed by atoms with Crippen molar-refractivity contribution in [2.45, 2.75) is 96.4 Å². The molecule has 1 aromatic rings. The van der Waals surface area contributed by atoms with E-state index in [4.69, 9.17) is 0 Å². The fraction of sp³-hybridized carbons (Fsp3) is 0.690. The molecule has 2 N–H and O–H groups in total. The number of carboxylic acids is 1. The molecule has 1 heterocycles. The van der Waals surface area contributed by atoms with E-state index in [0.717, 1.165) is 36.8 Å². The Hall–Kier alpha value is -2.17. The zero-order chi connectivity index (χ0) is 24.7. The number of aliphatic carboxylic acids is 1. The van der Waals surface area contributed by atoms with E-state index in [1.165, 1.54) is 0 Å². The van der Waals surface area contributed by atoms with Crippen LogP contribution in [-0.4, -0.2) is 28.8 Å². The second kappa shape index (κ2) is 7.41. The Balaban J connectivity index is 1.58. The number of ketones is 1. The van der Waals surface area contributed by atoms with Crippen LogP contribution in [0.3, 0.4) is 0 Å². The van der Waals surface area contributed by atoms with Crippen LogP contribution in [0.15, 0.2) is 24.3 Å². The van der Waals surface area contributed by atoms with Crippen LogP contribution >= 0.6 is 0 Å². The summed E-state index contributed by atoms with van der Waals surface area (Å²) in [5.41, 5.74) is 0.423. The van der Waals surface area contributed by atoms with E-state index in [0.29, 0.717) is 19.3 Å². The zero-order valence-corrected chi connectivity index (χ0v) is 21.2. The van der Waals surface area contributed by atoms with Crippen LogP contribution in [0.2, 0.25) is 0 Å². The summed E-state index contributed by atoms with van der Waals surface area (Å²) in [6.07, 6.45) is 4.71. The number of piperidine rings is 1. The largest absolute Gasteiger partial charge is 0.481 e. The van der Waals surface area contributed by atoms with Crippen molar-refractivity contribution < 1.29 is 19.5 Å². The lowest BCUT2D eigenvalue weighted by atomic mass is 9.44. The maximum Gasteiger partial charge on any atom is 0.314 e. The second-order valence-corrected chi connectivity index (χ2v) is 13.1. The lowest BCUT2D eigenvalue weighted by molar-refractivity contribution is -0.163. The molecule has 0 spiro atoms. The lowest BCUT2D eigenvalue weighted by Gasteiger charge is -2.60. The first kappa shape index (κ1) is 23.6. The number of carboxylic acid groups (broad SMARTS) is 1. The van der Waals surface area contributed by atoms with Crippen molar-refractivity contribution in [3.05, 3.63) is 35.4 Å². The summed E-state index contributed by atoms with van der Waals surface area (Å²) in [7, 11) is 0. The van der Waals surface area contributed by atoms with Gasteiger partial charge < -0.3 is 10.4 Å². The van der Waals surface area contributed by atoms with Gasteiger partial charge in [0, 0.05) is 24.8 Å². The molecule has 184 valence electrons. The Morgan fingerprint density at radius 2 is 1.76 bits per heavy atom. The summed E-state index contributed by atoms with van der Waals surface area (Å²) in [6.45, 7) is 10.9. The number of hydrogen-bond acceptors (Lipinski definition) is 3. The van der Waals surface area contributed by atoms with E-state index in [2.05, 4.69) is 52.1 Å². The van der Waals surface area contributed by atoms with E-state index in [1.807, 2.05) is 12.1 Å². The molecule has 3 aliphatic carbocycles. The minimum atomic E-state index is -0.983. The number of fused-ring (bicyclic) bond motifs is 5. The quantitative estimate of drug-likeness (QED) is 0.643. The fourth-order valence-corrected chi connectivity index (χ4v) is 8.62. The summed E-state index contributed by atoms with van der Waals surface area (Å²) < 4.78 is 0. The standard InChI is InChI=1S/C29H39NO4/c1-26(2,3)17-7-6-8-18(15-17)29(25(33)34)14-10-20-24-19(9-13-28(20,29)5)27(4)12-11-23(32)30-22(27)16-21(24)31/h6-8,15,19-20,22,24H,9-14,16H2,1-5H3,(H,30,32)(H,33,34)/t19-,20+,22?,24-,27-,28+,29?/m1/s1. The number of Topliss-reactive ketones (excluding diaryl/α,β-unsaturated/α-hetero) is 1. The minimum Gasteiger partial charge on any atom is -0.481 e. The van der Waals surface area contributed by atoms with Gasteiger partial charge in [-0.2, -0.15) is 0 Å². The third-order valence-corrected chi connectivity index (χ3v) is 10.7. The molecular weight excluding hydrogens is 426 g/mol. The predicted octanol–water partition coefficient (Wildman–Crippen LogP) is 5.01. The average molecular weight is 466 g/mol. The second-order valence-electron chi connectivity index (χ2n) is 13.1. The van der Waals surface area contributed by atoms with E-state index in [1.54, 1.807) is 0 Å². The molecule has 5 heteroatoms. The molecular formula is C29H39NO4. The van der Waals surface area contributed by atoms with Crippen LogP contribution in [0.5, 0.6) is 0 Å². The minimum absolute atomic E-state index is 0.0545. The number of benzene rings is 1. The van der Waals surface area contributed by atoms with E-state index in [9.17, 15) is 19.5 Å². The predicted molar refractivity (Wildman–Crippen MR) is 130 cm³/mol. The highest BCUT2D eigenvalue weighted by Gasteiger charge is 2.69. The van der Waals surface area contributed by atoms with Gasteiger partial charge in [0.05, 0.1) is 5.41 Å². The molecule has 1 aliphatic heterocycles. The van der Waals surface area contributed by atoms with Gasteiger partial charge in [0.2, 0.25) is 5.91 Å². The average Bonchev–Trinajstić information content (AvgIpc) is 3.08. The monoisotopic (exact) mass is 465 g/mol. The molecule has 3 saturated carbocycles. The van der Waals surface area contributed by atoms with Crippen LogP contribution in [-0.2, 0) is 25.2 Å². The summed E-state index contributed by atoms with van der Waals surface area (Å²) in [6, 6.07) is 8.13. The molecule has 1 amide bonds.